The number of furan rings is 1. The number of hydrogen-bond acceptors (Lipinski definition) is 14. The van der Waals surface area contributed by atoms with Gasteiger partial charge in [-0.1, -0.05) is 0 Å². The first-order chi connectivity index (χ1) is 16.2. The number of rotatable bonds is 16. The number of carbonyl (C=O) groups excluding carboxylic acids is 3. The largest absolute Gasteiger partial charge is 3.00 e. The molecule has 3 N–H and O–H groups in total. The fraction of sp³-hybridized carbons (Fsp3) is 0.550. The topological polar surface area (TPSA) is 224 Å². The minimum atomic E-state index is -3.85. The smallest absolute Gasteiger partial charge is 0.550 e. The van der Waals surface area contributed by atoms with Crippen LogP contribution in [0, 0.1) is 23.0 Å². The molecule has 1 aromatic rings. The molecule has 0 amide bonds. The number of carboxylic acids is 3. The molecule has 1 rings (SSSR count). The van der Waals surface area contributed by atoms with Crippen LogP contribution in [0.25, 0.3) is 0 Å². The van der Waals surface area contributed by atoms with Crippen LogP contribution in [0.1, 0.15) is 23.5 Å². The molecule has 0 bridgehead atoms. The molecule has 0 aliphatic rings. The molecule has 0 saturated carbocycles. The van der Waals surface area contributed by atoms with Crippen LogP contribution < -0.4 is 26.0 Å². The van der Waals surface area contributed by atoms with Crippen molar-refractivity contribution in [3.05, 3.63) is 44.8 Å². The van der Waals surface area contributed by atoms with Crippen LogP contribution in [-0.2, 0) is 26.7 Å². The average Bonchev–Trinajstić information content (AvgIpc) is 3.07. The number of carboxylic acid groups (broad SMARTS) is 3. The summed E-state index contributed by atoms with van der Waals surface area (Å²) in [5.41, 5.74) is -4.41. The predicted molar refractivity (Wildman–Crippen MR) is 122 cm³/mol. The van der Waals surface area contributed by atoms with Crippen LogP contribution in [0.3, 0.4) is 0 Å². The molecule has 36 heavy (non-hydrogen) atoms. The van der Waals surface area contributed by atoms with Crippen molar-refractivity contribution in [1.29, 1.82) is 0 Å². The van der Waals surface area contributed by atoms with Crippen molar-refractivity contribution in [2.75, 3.05) is 33.4 Å². The predicted octanol–water partition coefficient (Wildman–Crippen LogP) is -4.26. The molecule has 0 spiro atoms. The molecule has 2 unspecified atom stereocenters. The summed E-state index contributed by atoms with van der Waals surface area (Å²) in [6, 6.07) is 1.89. The fourth-order valence-electron chi connectivity index (χ4n) is 3.21. The quantitative estimate of drug-likeness (QED) is 0.0636. The summed E-state index contributed by atoms with van der Waals surface area (Å²) in [5, 5.41) is 61.0. The van der Waals surface area contributed by atoms with Gasteiger partial charge in [-0.3, -0.25) is 10.1 Å². The van der Waals surface area contributed by atoms with Crippen LogP contribution in [0.15, 0.2) is 22.0 Å². The third-order valence-electron chi connectivity index (χ3n) is 4.83. The Labute approximate surface area is 230 Å². The molecule has 0 aliphatic heterocycles. The Morgan fingerprint density at radius 1 is 1.28 bits per heavy atom. The zero-order valence-corrected chi connectivity index (χ0v) is 24.4. The van der Waals surface area contributed by atoms with Crippen molar-refractivity contribution in [1.82, 2.24) is 15.5 Å². The van der Waals surface area contributed by atoms with Crippen LogP contribution >= 0.6 is 11.8 Å². The first kappa shape index (κ1) is 33.6. The maximum absolute atomic E-state index is 11.7. The zero-order chi connectivity index (χ0) is 26.9. The second-order valence-corrected chi connectivity index (χ2v) is 8.87. The van der Waals surface area contributed by atoms with Crippen molar-refractivity contribution < 1.29 is 44.2 Å². The average molecular weight is 725 g/mol. The van der Waals surface area contributed by atoms with Gasteiger partial charge in [0.15, 0.2) is 5.82 Å². The number of nitrogens with one attached hydrogen (secondary N) is 2. The maximum atomic E-state index is 11.7. The van der Waals surface area contributed by atoms with E-state index >= 15 is 0 Å². The number of nitro groups is 1. The van der Waals surface area contributed by atoms with Gasteiger partial charge in [-0.2, -0.15) is 11.8 Å². The fourth-order valence-corrected chi connectivity index (χ4v) is 3.94. The van der Waals surface area contributed by atoms with E-state index in [1.54, 1.807) is 0 Å². The van der Waals surface area contributed by atoms with Crippen molar-refractivity contribution in [3.63, 3.8) is 0 Å². The Kier molecular flexibility index (Phi) is 14.0. The SMILES string of the molecule is CNC(NCCSCc1cc(C)c(CN(C)C)o1)=C([N+](=O)[O-])C(O)(C(=O)[O-])C(CC(=O)[O-])C(=O)[O-].[Bi+3]. The van der Waals surface area contributed by atoms with Crippen molar-refractivity contribution in [2.24, 2.45) is 5.92 Å². The van der Waals surface area contributed by atoms with Crippen LogP contribution in [0.4, 0.5) is 0 Å². The summed E-state index contributed by atoms with van der Waals surface area (Å²) in [6.45, 7) is 2.56. The van der Waals surface area contributed by atoms with Gasteiger partial charge in [-0.25, -0.2) is 0 Å². The minimum absolute atomic E-state index is 0. The van der Waals surface area contributed by atoms with Crippen LogP contribution in [0.5, 0.6) is 0 Å². The Morgan fingerprint density at radius 3 is 2.33 bits per heavy atom. The molecule has 1 aromatic heterocycles. The third kappa shape index (κ3) is 8.91. The molecule has 198 valence electrons. The van der Waals surface area contributed by atoms with Gasteiger partial charge in [0.05, 0.1) is 23.2 Å². The molecule has 0 saturated heterocycles. The maximum Gasteiger partial charge on any atom is 3.00 e. The van der Waals surface area contributed by atoms with E-state index in [4.69, 9.17) is 4.42 Å². The summed E-state index contributed by atoms with van der Waals surface area (Å²) in [5.74, 6) is -8.09. The van der Waals surface area contributed by atoms with E-state index in [2.05, 4.69) is 10.6 Å². The number of hydrogen-bond donors (Lipinski definition) is 3. The molecular weight excluding hydrogens is 697 g/mol. The van der Waals surface area contributed by atoms with E-state index in [9.17, 15) is 44.9 Å². The Morgan fingerprint density at radius 2 is 1.89 bits per heavy atom. The summed E-state index contributed by atoms with van der Waals surface area (Å²) < 4.78 is 5.78. The zero-order valence-electron chi connectivity index (χ0n) is 20.1. The van der Waals surface area contributed by atoms with Gasteiger partial charge < -0.3 is 54.8 Å². The van der Waals surface area contributed by atoms with Crippen molar-refractivity contribution >= 4 is 55.9 Å². The summed E-state index contributed by atoms with van der Waals surface area (Å²) >= 11 is 1.38. The van der Waals surface area contributed by atoms with E-state index in [1.165, 1.54) is 11.8 Å². The van der Waals surface area contributed by atoms with Gasteiger partial charge in [-0.15, -0.1) is 0 Å². The van der Waals surface area contributed by atoms with E-state index < -0.39 is 52.3 Å². The Bertz CT molecular complexity index is 984. The minimum Gasteiger partial charge on any atom is -0.550 e. The normalized spacial score (nSPS) is 14.2. The molecular formula is C20H27BiN4O10S. The molecule has 1 heterocycles. The van der Waals surface area contributed by atoms with E-state index in [1.807, 2.05) is 32.0 Å². The van der Waals surface area contributed by atoms with Crippen molar-refractivity contribution in [3.8, 4) is 0 Å². The second-order valence-electron chi connectivity index (χ2n) is 7.77. The summed E-state index contributed by atoms with van der Waals surface area (Å²) in [4.78, 5) is 46.2. The van der Waals surface area contributed by atoms with Crippen LogP contribution in [0.2, 0.25) is 0 Å². The van der Waals surface area contributed by atoms with Crippen LogP contribution in [-0.4, -0.2) is 98.1 Å². The number of nitrogens with zero attached hydrogens (tertiary/aromatic N) is 2. The standard InChI is InChI=1S/C20H30N4O10S.Bi/c1-11-7-12(34-14(11)9-23(3)4)10-35-6-5-22-17(21-2)16(24(32)33)20(31,19(29)30)13(18(27)28)8-15(25)26;/h7,13,21-22,31H,5-6,8-10H2,1-4H3,(H,25,26)(H,27,28)(H,29,30);/q;+3/p-3. The Hall–Kier alpha value is -2.42. The molecule has 0 aromatic carbocycles. The molecule has 0 fully saturated rings. The third-order valence-corrected chi connectivity index (χ3v) is 5.81. The summed E-state index contributed by atoms with van der Waals surface area (Å²) in [6.07, 6.45) is -1.57. The van der Waals surface area contributed by atoms with Gasteiger partial charge in [0.25, 0.3) is 0 Å². The molecule has 14 nitrogen and oxygen atoms in total. The van der Waals surface area contributed by atoms with Gasteiger partial charge in [0, 0.05) is 37.2 Å². The number of aliphatic hydroxyl groups is 1. The number of carbonyl (C=O) groups is 3. The van der Waals surface area contributed by atoms with Gasteiger partial charge in [-0.05, 0) is 39.1 Å². The monoisotopic (exact) mass is 724 g/mol. The van der Waals surface area contributed by atoms with E-state index in [0.29, 0.717) is 23.8 Å². The molecule has 2 atom stereocenters. The number of aliphatic carboxylic acids is 3. The first-order valence-electron chi connectivity index (χ1n) is 10.2. The first-order valence-corrected chi connectivity index (χ1v) is 11.4. The number of aryl methyl sites for hydroxylation is 1. The van der Waals surface area contributed by atoms with E-state index in [-0.39, 0.29) is 32.7 Å². The molecule has 0 aliphatic carbocycles. The molecule has 16 heteroatoms. The van der Waals surface area contributed by atoms with Gasteiger partial charge in [0.2, 0.25) is 5.60 Å². The molecule has 2 radical (unpaired) electrons. The Balaban J connectivity index is 0.0000122. The van der Waals surface area contributed by atoms with E-state index in [0.717, 1.165) is 18.4 Å². The summed E-state index contributed by atoms with van der Waals surface area (Å²) in [7, 11) is 4.96. The van der Waals surface area contributed by atoms with Crippen molar-refractivity contribution in [2.45, 2.75) is 31.2 Å². The number of thioether (sulfide) groups is 1. The van der Waals surface area contributed by atoms with Gasteiger partial charge in [0.1, 0.15) is 11.5 Å². The second kappa shape index (κ2) is 15.0. The van der Waals surface area contributed by atoms with Gasteiger partial charge >= 0.3 is 31.9 Å².